The monoisotopic (exact) mass is 272 g/mol. The van der Waals surface area contributed by atoms with Gasteiger partial charge in [0.2, 0.25) is 11.8 Å². The van der Waals surface area contributed by atoms with E-state index in [1.54, 1.807) is 6.92 Å². The summed E-state index contributed by atoms with van der Waals surface area (Å²) in [5, 5.41) is 9.10. The minimum absolute atomic E-state index is 0.0496. The molecule has 7 nitrogen and oxygen atoms in total. The molecule has 1 fully saturated rings. The second-order valence-electron chi connectivity index (χ2n) is 4.60. The molecule has 0 aromatic carbocycles. The summed E-state index contributed by atoms with van der Waals surface area (Å²) in [6, 6.07) is -0.463. The van der Waals surface area contributed by atoms with Crippen LogP contribution in [0.15, 0.2) is 0 Å². The van der Waals surface area contributed by atoms with Crippen LogP contribution < -0.4 is 0 Å². The average molecular weight is 272 g/mol. The van der Waals surface area contributed by atoms with Crippen molar-refractivity contribution in [2.45, 2.75) is 19.9 Å². The molecule has 1 aliphatic rings. The molecular weight excluding hydrogens is 252 g/mol. The van der Waals surface area contributed by atoms with Crippen molar-refractivity contribution in [3.63, 3.8) is 0 Å². The van der Waals surface area contributed by atoms with Gasteiger partial charge in [0.15, 0.2) is 0 Å². The van der Waals surface area contributed by atoms with Crippen LogP contribution in [0.2, 0.25) is 0 Å². The molecule has 108 valence electrons. The van der Waals surface area contributed by atoms with E-state index >= 15 is 0 Å². The number of amides is 2. The highest BCUT2D eigenvalue weighted by atomic mass is 16.5. The Morgan fingerprint density at radius 1 is 1.32 bits per heavy atom. The molecule has 1 saturated heterocycles. The molecule has 0 radical (unpaired) electrons. The summed E-state index contributed by atoms with van der Waals surface area (Å²) in [5.74, 6) is -2.14. The largest absolute Gasteiger partial charge is 0.481 e. The van der Waals surface area contributed by atoms with Crippen molar-refractivity contribution in [1.82, 2.24) is 9.80 Å². The van der Waals surface area contributed by atoms with E-state index in [1.807, 2.05) is 0 Å². The minimum atomic E-state index is -0.964. The molecule has 1 heterocycles. The highest BCUT2D eigenvalue weighted by Crippen LogP contribution is 2.20. The van der Waals surface area contributed by atoms with Crippen molar-refractivity contribution >= 4 is 17.8 Å². The number of hydrogen-bond donors (Lipinski definition) is 1. The van der Waals surface area contributed by atoms with E-state index < -0.39 is 17.9 Å². The first-order valence-electron chi connectivity index (χ1n) is 6.20. The Hall–Kier alpha value is -1.63. The van der Waals surface area contributed by atoms with E-state index in [4.69, 9.17) is 9.84 Å². The zero-order valence-electron chi connectivity index (χ0n) is 11.5. The molecular formula is C12H20N2O5. The van der Waals surface area contributed by atoms with Gasteiger partial charge in [-0.1, -0.05) is 0 Å². The molecule has 1 N–H and O–H groups in total. The Kier molecular flexibility index (Phi) is 5.29. The Labute approximate surface area is 112 Å². The number of rotatable bonds is 5. The third kappa shape index (κ3) is 3.66. The molecule has 1 rings (SSSR count). The van der Waals surface area contributed by atoms with E-state index in [9.17, 15) is 14.4 Å². The van der Waals surface area contributed by atoms with E-state index in [0.717, 1.165) is 0 Å². The van der Waals surface area contributed by atoms with Crippen molar-refractivity contribution in [2.24, 2.45) is 5.92 Å². The Bertz CT molecular complexity index is 371. The normalized spacial score (nSPS) is 22.1. The van der Waals surface area contributed by atoms with Crippen LogP contribution in [0.25, 0.3) is 0 Å². The fourth-order valence-corrected chi connectivity index (χ4v) is 2.09. The maximum absolute atomic E-state index is 12.1. The van der Waals surface area contributed by atoms with Gasteiger partial charge >= 0.3 is 5.97 Å². The molecule has 0 saturated carbocycles. The highest BCUT2D eigenvalue weighted by molar-refractivity contribution is 5.84. The van der Waals surface area contributed by atoms with Gasteiger partial charge in [-0.3, -0.25) is 14.4 Å². The van der Waals surface area contributed by atoms with E-state index in [0.29, 0.717) is 6.54 Å². The first kappa shape index (κ1) is 15.4. The number of ether oxygens (including phenoxy) is 1. The molecule has 2 atom stereocenters. The first-order chi connectivity index (χ1) is 8.88. The van der Waals surface area contributed by atoms with Crippen LogP contribution in [0.4, 0.5) is 0 Å². The number of carboxylic acid groups (broad SMARTS) is 1. The summed E-state index contributed by atoms with van der Waals surface area (Å²) in [6.07, 6.45) is 0. The average Bonchev–Trinajstić information content (AvgIpc) is 2.78. The lowest BCUT2D eigenvalue weighted by atomic mass is 10.0. The van der Waals surface area contributed by atoms with Crippen LogP contribution in [0.5, 0.6) is 0 Å². The van der Waals surface area contributed by atoms with Crippen molar-refractivity contribution < 1.29 is 24.2 Å². The van der Waals surface area contributed by atoms with Crippen molar-refractivity contribution in [3.05, 3.63) is 0 Å². The quantitative estimate of drug-likeness (QED) is 0.723. The molecule has 2 unspecified atom stereocenters. The number of nitrogens with zero attached hydrogens (tertiary/aromatic N) is 2. The number of carbonyl (C=O) groups is 3. The van der Waals surface area contributed by atoms with Crippen LogP contribution in [-0.2, 0) is 19.1 Å². The lowest BCUT2D eigenvalue weighted by molar-refractivity contribution is -0.146. The number of carboxylic acids is 1. The van der Waals surface area contributed by atoms with E-state index in [1.165, 1.54) is 23.8 Å². The maximum Gasteiger partial charge on any atom is 0.311 e. The topological polar surface area (TPSA) is 87.2 Å². The fraction of sp³-hybridized carbons (Fsp3) is 0.750. The molecule has 1 aliphatic heterocycles. The van der Waals surface area contributed by atoms with E-state index in [-0.39, 0.29) is 31.6 Å². The van der Waals surface area contributed by atoms with Gasteiger partial charge in [-0.2, -0.15) is 0 Å². The highest BCUT2D eigenvalue weighted by Gasteiger charge is 2.39. The molecule has 19 heavy (non-hydrogen) atoms. The van der Waals surface area contributed by atoms with Crippen LogP contribution >= 0.6 is 0 Å². The van der Waals surface area contributed by atoms with Gasteiger partial charge in [-0.15, -0.1) is 0 Å². The number of carbonyl (C=O) groups excluding carboxylic acids is 2. The predicted octanol–water partition coefficient (Wildman–Crippen LogP) is -0.587. The van der Waals surface area contributed by atoms with Gasteiger partial charge in [0.05, 0.1) is 25.8 Å². The minimum Gasteiger partial charge on any atom is -0.481 e. The second-order valence-corrected chi connectivity index (χ2v) is 4.60. The van der Waals surface area contributed by atoms with Gasteiger partial charge in [-0.05, 0) is 6.92 Å². The molecule has 0 spiro atoms. The zero-order chi connectivity index (χ0) is 14.6. The van der Waals surface area contributed by atoms with Gasteiger partial charge in [0.25, 0.3) is 0 Å². The van der Waals surface area contributed by atoms with Crippen molar-refractivity contribution in [2.75, 3.05) is 33.4 Å². The summed E-state index contributed by atoms with van der Waals surface area (Å²) < 4.78 is 5.16. The standard InChI is InChI=1S/C12H20N2O5/c1-4-14(11(16)5-13(3)8(2)15)10-7-19-6-9(10)12(17)18/h9-10H,4-7H2,1-3H3,(H,17,18). The van der Waals surface area contributed by atoms with Gasteiger partial charge < -0.3 is 19.6 Å². The predicted molar refractivity (Wildman–Crippen MR) is 66.4 cm³/mol. The third-order valence-corrected chi connectivity index (χ3v) is 3.34. The lowest BCUT2D eigenvalue weighted by Gasteiger charge is -2.30. The SMILES string of the molecule is CCN(C(=O)CN(C)C(C)=O)C1COCC1C(=O)O. The summed E-state index contributed by atoms with van der Waals surface area (Å²) in [7, 11) is 1.54. The van der Waals surface area contributed by atoms with Gasteiger partial charge in [-0.25, -0.2) is 0 Å². The van der Waals surface area contributed by atoms with Gasteiger partial charge in [0.1, 0.15) is 5.92 Å². The molecule has 0 bridgehead atoms. The number of likely N-dealkylation sites (N-methyl/N-ethyl adjacent to an activating group) is 2. The Balaban J connectivity index is 2.74. The van der Waals surface area contributed by atoms with Crippen LogP contribution in [0.1, 0.15) is 13.8 Å². The zero-order valence-corrected chi connectivity index (χ0v) is 11.5. The second kappa shape index (κ2) is 6.51. The fourth-order valence-electron chi connectivity index (χ4n) is 2.09. The van der Waals surface area contributed by atoms with E-state index in [2.05, 4.69) is 0 Å². The molecule has 0 aliphatic carbocycles. The smallest absolute Gasteiger partial charge is 0.311 e. The molecule has 7 heteroatoms. The van der Waals surface area contributed by atoms with Crippen molar-refractivity contribution in [1.29, 1.82) is 0 Å². The molecule has 0 aromatic heterocycles. The number of hydrogen-bond acceptors (Lipinski definition) is 4. The molecule has 0 aromatic rings. The van der Waals surface area contributed by atoms with Crippen molar-refractivity contribution in [3.8, 4) is 0 Å². The van der Waals surface area contributed by atoms with Gasteiger partial charge in [0, 0.05) is 20.5 Å². The Morgan fingerprint density at radius 3 is 2.42 bits per heavy atom. The summed E-state index contributed by atoms with van der Waals surface area (Å²) in [6.45, 7) is 3.84. The first-order valence-corrected chi connectivity index (χ1v) is 6.20. The summed E-state index contributed by atoms with van der Waals surface area (Å²) in [4.78, 5) is 37.1. The summed E-state index contributed by atoms with van der Waals surface area (Å²) >= 11 is 0. The van der Waals surface area contributed by atoms with Crippen LogP contribution in [0.3, 0.4) is 0 Å². The van der Waals surface area contributed by atoms with Crippen LogP contribution in [0, 0.1) is 5.92 Å². The lowest BCUT2D eigenvalue weighted by Crippen LogP contribution is -2.49. The summed E-state index contributed by atoms with van der Waals surface area (Å²) in [5.41, 5.74) is 0. The van der Waals surface area contributed by atoms with Crippen LogP contribution in [-0.4, -0.2) is 72.1 Å². The maximum atomic E-state index is 12.1. The Morgan fingerprint density at radius 2 is 1.95 bits per heavy atom. The number of aliphatic carboxylic acids is 1. The third-order valence-electron chi connectivity index (χ3n) is 3.34. The molecule has 2 amide bonds.